The molecule has 0 spiro atoms. The van der Waals surface area contributed by atoms with E-state index in [0.717, 1.165) is 23.1 Å². The van der Waals surface area contributed by atoms with Crippen molar-refractivity contribution in [3.8, 4) is 17.1 Å². The first-order valence-electron chi connectivity index (χ1n) is 8.59. The summed E-state index contributed by atoms with van der Waals surface area (Å²) in [4.78, 5) is 10.6. The minimum Gasteiger partial charge on any atom is -0.486 e. The Morgan fingerprint density at radius 3 is 2.74 bits per heavy atom. The molecule has 0 radical (unpaired) electrons. The molecular formula is C19H20N4O3S. The molecule has 0 aliphatic heterocycles. The number of rotatable bonds is 8. The Labute approximate surface area is 161 Å². The molecule has 7 nitrogen and oxygen atoms in total. The number of aryl methyl sites for hydroxylation is 1. The fourth-order valence-corrected chi connectivity index (χ4v) is 3.51. The molecule has 0 amide bonds. The van der Waals surface area contributed by atoms with Crippen LogP contribution in [-0.4, -0.2) is 32.0 Å². The fraction of sp³-hybridized carbons (Fsp3) is 0.263. The van der Waals surface area contributed by atoms with Crippen molar-refractivity contribution in [2.24, 2.45) is 0 Å². The normalized spacial score (nSPS) is 10.7. The average molecular weight is 384 g/mol. The lowest BCUT2D eigenvalue weighted by Crippen LogP contribution is -2.05. The molecule has 0 aliphatic carbocycles. The Kier molecular flexibility index (Phi) is 6.08. The van der Waals surface area contributed by atoms with E-state index in [-0.39, 0.29) is 11.4 Å². The molecule has 27 heavy (non-hydrogen) atoms. The number of benzene rings is 2. The largest absolute Gasteiger partial charge is 0.486 e. The Hall–Kier alpha value is -2.87. The molecule has 0 fully saturated rings. The second-order valence-corrected chi connectivity index (χ2v) is 6.90. The first kappa shape index (κ1) is 18.9. The molecule has 1 heterocycles. The van der Waals surface area contributed by atoms with E-state index in [9.17, 15) is 10.1 Å². The maximum Gasteiger partial charge on any atom is 0.310 e. The van der Waals surface area contributed by atoms with Gasteiger partial charge in [-0.3, -0.25) is 10.1 Å². The average Bonchev–Trinajstić information content (AvgIpc) is 3.08. The number of nitrogens with zero attached hydrogens (tertiary/aromatic N) is 4. The minimum absolute atomic E-state index is 0.0269. The van der Waals surface area contributed by atoms with Gasteiger partial charge in [0.2, 0.25) is 0 Å². The highest BCUT2D eigenvalue weighted by Crippen LogP contribution is 2.27. The number of nitro benzene ring substituents is 1. The van der Waals surface area contributed by atoms with E-state index in [1.165, 1.54) is 23.4 Å². The third-order valence-corrected chi connectivity index (χ3v) is 4.87. The minimum atomic E-state index is -0.440. The summed E-state index contributed by atoms with van der Waals surface area (Å²) in [6.45, 7) is 5.19. The summed E-state index contributed by atoms with van der Waals surface area (Å²) in [6.07, 6.45) is 0. The number of aromatic nitrogens is 3. The maximum absolute atomic E-state index is 11.0. The van der Waals surface area contributed by atoms with Crippen molar-refractivity contribution >= 4 is 17.4 Å². The van der Waals surface area contributed by atoms with Gasteiger partial charge < -0.3 is 9.30 Å². The van der Waals surface area contributed by atoms with Crippen LogP contribution in [0.4, 0.5) is 5.69 Å². The van der Waals surface area contributed by atoms with Crippen molar-refractivity contribution in [2.45, 2.75) is 25.5 Å². The summed E-state index contributed by atoms with van der Waals surface area (Å²) in [5.41, 5.74) is 2.18. The monoisotopic (exact) mass is 384 g/mol. The number of thioether (sulfide) groups is 1. The van der Waals surface area contributed by atoms with Crippen LogP contribution in [0.1, 0.15) is 12.5 Å². The van der Waals surface area contributed by atoms with Gasteiger partial charge in [0.1, 0.15) is 0 Å². The van der Waals surface area contributed by atoms with Crippen molar-refractivity contribution < 1.29 is 9.66 Å². The van der Waals surface area contributed by atoms with Crippen LogP contribution in [0.2, 0.25) is 0 Å². The molecule has 0 atom stereocenters. The van der Waals surface area contributed by atoms with Gasteiger partial charge in [-0.1, -0.05) is 47.7 Å². The smallest absolute Gasteiger partial charge is 0.310 e. The molecule has 2 aromatic carbocycles. The lowest BCUT2D eigenvalue weighted by Gasteiger charge is -2.09. The zero-order valence-corrected chi connectivity index (χ0v) is 16.0. The van der Waals surface area contributed by atoms with E-state index in [4.69, 9.17) is 4.74 Å². The molecule has 140 valence electrons. The van der Waals surface area contributed by atoms with Gasteiger partial charge in [0.05, 0.1) is 11.5 Å². The molecule has 0 saturated carbocycles. The standard InChI is InChI=1S/C19H20N4O3S/c1-3-22-18(15-8-6-7-14(2)13-15)20-21-19(22)27-12-11-26-17-10-5-4-9-16(17)23(24)25/h4-10,13H,3,11-12H2,1-2H3. The summed E-state index contributed by atoms with van der Waals surface area (Å²) in [5.74, 6) is 1.72. The lowest BCUT2D eigenvalue weighted by molar-refractivity contribution is -0.385. The van der Waals surface area contributed by atoms with Crippen molar-refractivity contribution in [3.63, 3.8) is 0 Å². The van der Waals surface area contributed by atoms with Crippen LogP contribution >= 0.6 is 11.8 Å². The number of ether oxygens (including phenoxy) is 1. The topological polar surface area (TPSA) is 83.1 Å². The number of nitro groups is 1. The molecule has 1 aromatic heterocycles. The van der Waals surface area contributed by atoms with E-state index >= 15 is 0 Å². The first-order valence-corrected chi connectivity index (χ1v) is 9.58. The zero-order chi connectivity index (χ0) is 19.2. The van der Waals surface area contributed by atoms with Crippen LogP contribution in [0.5, 0.6) is 5.75 Å². The van der Waals surface area contributed by atoms with Crippen molar-refractivity contribution in [3.05, 3.63) is 64.2 Å². The molecule has 8 heteroatoms. The van der Waals surface area contributed by atoms with Gasteiger partial charge in [-0.25, -0.2) is 0 Å². The second kappa shape index (κ2) is 8.68. The number of para-hydroxylation sites is 2. The van der Waals surface area contributed by atoms with Crippen LogP contribution in [0.3, 0.4) is 0 Å². The summed E-state index contributed by atoms with van der Waals surface area (Å²) < 4.78 is 7.64. The van der Waals surface area contributed by atoms with Crippen LogP contribution in [-0.2, 0) is 6.54 Å². The highest BCUT2D eigenvalue weighted by Gasteiger charge is 2.15. The fourth-order valence-electron chi connectivity index (χ4n) is 2.69. The molecular weight excluding hydrogens is 364 g/mol. The Morgan fingerprint density at radius 2 is 2.00 bits per heavy atom. The van der Waals surface area contributed by atoms with Crippen LogP contribution in [0, 0.1) is 17.0 Å². The predicted molar refractivity (Wildman–Crippen MR) is 105 cm³/mol. The van der Waals surface area contributed by atoms with Crippen LogP contribution in [0.15, 0.2) is 53.7 Å². The quantitative estimate of drug-likeness (QED) is 0.248. The molecule has 0 bridgehead atoms. The SMILES string of the molecule is CCn1c(SCCOc2ccccc2[N+](=O)[O-])nnc1-c1cccc(C)c1. The molecule has 0 aliphatic rings. The number of hydrogen-bond acceptors (Lipinski definition) is 6. The molecule has 0 unspecified atom stereocenters. The van der Waals surface area contributed by atoms with Crippen LogP contribution in [0.25, 0.3) is 11.4 Å². The Bertz CT molecular complexity index is 942. The summed E-state index contributed by atoms with van der Waals surface area (Å²) in [6, 6.07) is 14.5. The molecule has 3 aromatic rings. The highest BCUT2D eigenvalue weighted by atomic mass is 32.2. The van der Waals surface area contributed by atoms with Gasteiger partial charge in [-0.2, -0.15) is 0 Å². The second-order valence-electron chi connectivity index (χ2n) is 5.84. The van der Waals surface area contributed by atoms with E-state index < -0.39 is 4.92 Å². The van der Waals surface area contributed by atoms with E-state index in [2.05, 4.69) is 27.8 Å². The van der Waals surface area contributed by atoms with Gasteiger partial charge in [0.15, 0.2) is 16.7 Å². The van der Waals surface area contributed by atoms with Gasteiger partial charge in [0.25, 0.3) is 0 Å². The molecule has 0 saturated heterocycles. The third-order valence-electron chi connectivity index (χ3n) is 3.94. The third kappa shape index (κ3) is 4.46. The first-order chi connectivity index (χ1) is 13.1. The number of hydrogen-bond donors (Lipinski definition) is 0. The van der Waals surface area contributed by atoms with E-state index in [0.29, 0.717) is 12.4 Å². The van der Waals surface area contributed by atoms with Gasteiger partial charge >= 0.3 is 5.69 Å². The highest BCUT2D eigenvalue weighted by molar-refractivity contribution is 7.99. The predicted octanol–water partition coefficient (Wildman–Crippen LogP) is 4.35. The van der Waals surface area contributed by atoms with Crippen LogP contribution < -0.4 is 4.74 Å². The summed E-state index contributed by atoms with van der Waals surface area (Å²) >= 11 is 1.52. The van der Waals surface area contributed by atoms with Gasteiger partial charge in [-0.15, -0.1) is 10.2 Å². The Balaban J connectivity index is 1.65. The lowest BCUT2D eigenvalue weighted by atomic mass is 10.1. The van der Waals surface area contributed by atoms with Crippen molar-refractivity contribution in [1.29, 1.82) is 0 Å². The molecule has 3 rings (SSSR count). The summed E-state index contributed by atoms with van der Waals surface area (Å²) in [7, 11) is 0. The van der Waals surface area contributed by atoms with Crippen molar-refractivity contribution in [2.75, 3.05) is 12.4 Å². The van der Waals surface area contributed by atoms with E-state index in [1.54, 1.807) is 18.2 Å². The maximum atomic E-state index is 11.0. The summed E-state index contributed by atoms with van der Waals surface area (Å²) in [5, 5.41) is 20.5. The Morgan fingerprint density at radius 1 is 1.19 bits per heavy atom. The van der Waals surface area contributed by atoms with Gasteiger partial charge in [0, 0.05) is 23.9 Å². The van der Waals surface area contributed by atoms with Crippen molar-refractivity contribution in [1.82, 2.24) is 14.8 Å². The van der Waals surface area contributed by atoms with E-state index in [1.807, 2.05) is 25.1 Å². The van der Waals surface area contributed by atoms with Gasteiger partial charge in [-0.05, 0) is 26.0 Å². The molecule has 0 N–H and O–H groups in total. The zero-order valence-electron chi connectivity index (χ0n) is 15.2.